The molecule has 1 saturated heterocycles. The van der Waals surface area contributed by atoms with Gasteiger partial charge in [-0.1, -0.05) is 12.1 Å². The van der Waals surface area contributed by atoms with Gasteiger partial charge in [-0.25, -0.2) is 0 Å². The van der Waals surface area contributed by atoms with Crippen LogP contribution in [0.25, 0.3) is 0 Å². The molecule has 0 unspecified atom stereocenters. The molecular formula is C12H16O2. The average molecular weight is 192 g/mol. The van der Waals surface area contributed by atoms with E-state index in [1.165, 1.54) is 16.7 Å². The summed E-state index contributed by atoms with van der Waals surface area (Å²) < 4.78 is 10.9. The first-order chi connectivity index (χ1) is 6.68. The van der Waals surface area contributed by atoms with E-state index in [1.807, 2.05) is 0 Å². The van der Waals surface area contributed by atoms with Gasteiger partial charge in [0.05, 0.1) is 6.61 Å². The van der Waals surface area contributed by atoms with Gasteiger partial charge < -0.3 is 9.47 Å². The number of hydrogen-bond acceptors (Lipinski definition) is 2. The summed E-state index contributed by atoms with van der Waals surface area (Å²) in [5.41, 5.74) is 3.72. The van der Waals surface area contributed by atoms with Crippen LogP contribution in [0.5, 0.6) is 5.75 Å². The lowest BCUT2D eigenvalue weighted by Crippen LogP contribution is -2.06. The fraction of sp³-hybridized carbons (Fsp3) is 0.500. The highest BCUT2D eigenvalue weighted by molar-refractivity contribution is 5.44. The van der Waals surface area contributed by atoms with Crippen LogP contribution in [0.15, 0.2) is 12.1 Å². The van der Waals surface area contributed by atoms with Crippen molar-refractivity contribution in [1.82, 2.24) is 0 Å². The second-order valence-corrected chi connectivity index (χ2v) is 3.92. The summed E-state index contributed by atoms with van der Waals surface area (Å²) in [4.78, 5) is 0. The topological polar surface area (TPSA) is 21.8 Å². The molecule has 2 heteroatoms. The van der Waals surface area contributed by atoms with E-state index in [0.29, 0.717) is 12.7 Å². The standard InChI is InChI=1S/C12H16O2/c1-8-4-5-9(2)12(10(8)3)14-7-11-6-13-11/h4-5,11H,6-7H2,1-3H3/t11-/m0/s1. The molecular weight excluding hydrogens is 176 g/mol. The third-order valence-electron chi connectivity index (χ3n) is 2.69. The lowest BCUT2D eigenvalue weighted by Gasteiger charge is -2.12. The molecule has 1 atom stereocenters. The minimum absolute atomic E-state index is 0.328. The zero-order valence-electron chi connectivity index (χ0n) is 8.96. The fourth-order valence-corrected chi connectivity index (χ4v) is 1.49. The minimum Gasteiger partial charge on any atom is -0.490 e. The molecule has 2 nitrogen and oxygen atoms in total. The van der Waals surface area contributed by atoms with E-state index >= 15 is 0 Å². The lowest BCUT2D eigenvalue weighted by atomic mass is 10.1. The van der Waals surface area contributed by atoms with Crippen molar-refractivity contribution in [3.63, 3.8) is 0 Å². The van der Waals surface area contributed by atoms with Crippen molar-refractivity contribution >= 4 is 0 Å². The lowest BCUT2D eigenvalue weighted by molar-refractivity contribution is 0.260. The Hall–Kier alpha value is -1.02. The maximum absolute atomic E-state index is 5.75. The van der Waals surface area contributed by atoms with Crippen molar-refractivity contribution in [1.29, 1.82) is 0 Å². The van der Waals surface area contributed by atoms with Crippen molar-refractivity contribution in [3.8, 4) is 5.75 Å². The molecule has 14 heavy (non-hydrogen) atoms. The van der Waals surface area contributed by atoms with Gasteiger partial charge in [-0.15, -0.1) is 0 Å². The van der Waals surface area contributed by atoms with Crippen LogP contribution in [0.1, 0.15) is 16.7 Å². The molecule has 0 amide bonds. The van der Waals surface area contributed by atoms with Crippen LogP contribution in [0.4, 0.5) is 0 Å². The Morgan fingerprint density at radius 3 is 2.57 bits per heavy atom. The number of hydrogen-bond donors (Lipinski definition) is 0. The van der Waals surface area contributed by atoms with Gasteiger partial charge in [0.25, 0.3) is 0 Å². The predicted molar refractivity (Wildman–Crippen MR) is 55.9 cm³/mol. The maximum atomic E-state index is 5.75. The first-order valence-electron chi connectivity index (χ1n) is 4.99. The summed E-state index contributed by atoms with van der Waals surface area (Å²) in [5, 5.41) is 0. The Kier molecular flexibility index (Phi) is 2.46. The number of epoxide rings is 1. The minimum atomic E-state index is 0.328. The van der Waals surface area contributed by atoms with E-state index in [-0.39, 0.29) is 0 Å². The molecule has 1 aliphatic heterocycles. The van der Waals surface area contributed by atoms with Crippen LogP contribution in [-0.4, -0.2) is 19.3 Å². The first-order valence-corrected chi connectivity index (χ1v) is 4.99. The Bertz CT molecular complexity index is 340. The molecule has 0 N–H and O–H groups in total. The monoisotopic (exact) mass is 192 g/mol. The smallest absolute Gasteiger partial charge is 0.125 e. The van der Waals surface area contributed by atoms with Gasteiger partial charge >= 0.3 is 0 Å². The molecule has 0 spiro atoms. The first kappa shape index (κ1) is 9.53. The molecule has 0 saturated carbocycles. The second kappa shape index (κ2) is 3.62. The van der Waals surface area contributed by atoms with E-state index in [9.17, 15) is 0 Å². The second-order valence-electron chi connectivity index (χ2n) is 3.92. The molecule has 0 radical (unpaired) electrons. The van der Waals surface area contributed by atoms with Crippen molar-refractivity contribution < 1.29 is 9.47 Å². The Morgan fingerprint density at radius 1 is 1.29 bits per heavy atom. The molecule has 0 bridgehead atoms. The van der Waals surface area contributed by atoms with Crippen LogP contribution in [-0.2, 0) is 4.74 Å². The molecule has 76 valence electrons. The van der Waals surface area contributed by atoms with Gasteiger partial charge in [0.1, 0.15) is 18.5 Å². The predicted octanol–water partition coefficient (Wildman–Crippen LogP) is 2.39. The summed E-state index contributed by atoms with van der Waals surface area (Å²) in [5.74, 6) is 1.03. The maximum Gasteiger partial charge on any atom is 0.125 e. The van der Waals surface area contributed by atoms with Crippen LogP contribution < -0.4 is 4.74 Å². The van der Waals surface area contributed by atoms with Gasteiger partial charge in [-0.2, -0.15) is 0 Å². The zero-order valence-corrected chi connectivity index (χ0v) is 8.96. The molecule has 2 rings (SSSR count). The fourth-order valence-electron chi connectivity index (χ4n) is 1.49. The number of aryl methyl sites for hydroxylation is 2. The summed E-state index contributed by atoms with van der Waals surface area (Å²) in [7, 11) is 0. The highest BCUT2D eigenvalue weighted by Gasteiger charge is 2.23. The molecule has 1 heterocycles. The van der Waals surface area contributed by atoms with Gasteiger partial charge in [0, 0.05) is 0 Å². The highest BCUT2D eigenvalue weighted by Crippen LogP contribution is 2.26. The Balaban J connectivity index is 2.16. The third-order valence-corrected chi connectivity index (χ3v) is 2.69. The van der Waals surface area contributed by atoms with Gasteiger partial charge in [-0.05, 0) is 37.5 Å². The summed E-state index contributed by atoms with van der Waals surface area (Å²) >= 11 is 0. The van der Waals surface area contributed by atoms with Gasteiger partial charge in [-0.3, -0.25) is 0 Å². The van der Waals surface area contributed by atoms with Gasteiger partial charge in [0.15, 0.2) is 0 Å². The van der Waals surface area contributed by atoms with Crippen molar-refractivity contribution in [2.75, 3.05) is 13.2 Å². The average Bonchev–Trinajstić information content (AvgIpc) is 2.95. The van der Waals surface area contributed by atoms with E-state index in [1.54, 1.807) is 0 Å². The summed E-state index contributed by atoms with van der Waals surface area (Å²) in [6, 6.07) is 4.23. The number of rotatable bonds is 3. The summed E-state index contributed by atoms with van der Waals surface area (Å²) in [6.45, 7) is 7.82. The molecule has 1 aliphatic rings. The quantitative estimate of drug-likeness (QED) is 0.686. The SMILES string of the molecule is Cc1ccc(C)c(OC[C@@H]2CO2)c1C. The van der Waals surface area contributed by atoms with E-state index < -0.39 is 0 Å². The molecule has 1 aromatic rings. The molecule has 1 aromatic carbocycles. The normalized spacial score (nSPS) is 19.5. The molecule has 0 aromatic heterocycles. The number of benzene rings is 1. The van der Waals surface area contributed by atoms with Crippen molar-refractivity contribution in [2.45, 2.75) is 26.9 Å². The van der Waals surface area contributed by atoms with Crippen molar-refractivity contribution in [2.24, 2.45) is 0 Å². The number of ether oxygens (including phenoxy) is 2. The van der Waals surface area contributed by atoms with Crippen LogP contribution in [0, 0.1) is 20.8 Å². The van der Waals surface area contributed by atoms with Crippen LogP contribution in [0.3, 0.4) is 0 Å². The third kappa shape index (κ3) is 1.90. The highest BCUT2D eigenvalue weighted by atomic mass is 16.6. The van der Waals surface area contributed by atoms with E-state index in [4.69, 9.17) is 9.47 Å². The Labute approximate surface area is 84.8 Å². The summed E-state index contributed by atoms with van der Waals surface area (Å²) in [6.07, 6.45) is 0.328. The molecule has 0 aliphatic carbocycles. The zero-order chi connectivity index (χ0) is 10.1. The van der Waals surface area contributed by atoms with E-state index in [0.717, 1.165) is 12.4 Å². The van der Waals surface area contributed by atoms with Crippen LogP contribution in [0.2, 0.25) is 0 Å². The molecule has 1 fully saturated rings. The Morgan fingerprint density at radius 2 is 1.93 bits per heavy atom. The van der Waals surface area contributed by atoms with Crippen LogP contribution >= 0.6 is 0 Å². The largest absolute Gasteiger partial charge is 0.490 e. The van der Waals surface area contributed by atoms with E-state index in [2.05, 4.69) is 32.9 Å². The van der Waals surface area contributed by atoms with Crippen molar-refractivity contribution in [3.05, 3.63) is 28.8 Å². The van der Waals surface area contributed by atoms with Gasteiger partial charge in [0.2, 0.25) is 0 Å².